The third kappa shape index (κ3) is 2.67. The van der Waals surface area contributed by atoms with E-state index >= 15 is 0 Å². The summed E-state index contributed by atoms with van der Waals surface area (Å²) in [6.07, 6.45) is 0.766. The molecule has 0 radical (unpaired) electrons. The molecule has 2 rings (SSSR count). The van der Waals surface area contributed by atoms with E-state index in [9.17, 15) is 0 Å². The molecule has 0 aliphatic heterocycles. The second-order valence-corrected chi connectivity index (χ2v) is 5.13. The first-order valence-corrected chi connectivity index (χ1v) is 6.80. The molecular weight excluding hydrogens is 248 g/mol. The average Bonchev–Trinajstić information content (AvgIpc) is 2.82. The summed E-state index contributed by atoms with van der Waals surface area (Å²) in [4.78, 5) is 9.91. The Hall–Kier alpha value is -2.28. The van der Waals surface area contributed by atoms with Crippen molar-refractivity contribution in [1.82, 2.24) is 9.97 Å². The maximum absolute atomic E-state index is 9.13. The molecule has 0 bridgehead atoms. The van der Waals surface area contributed by atoms with Crippen molar-refractivity contribution < 1.29 is 0 Å². The molecule has 0 fully saturated rings. The maximum atomic E-state index is 9.13. The van der Waals surface area contributed by atoms with Crippen LogP contribution < -0.4 is 4.90 Å². The number of benzene rings is 1. The number of aromatic nitrogens is 2. The lowest BCUT2D eigenvalue weighted by molar-refractivity contribution is 0.764. The molecule has 1 heterocycles. The van der Waals surface area contributed by atoms with Crippen molar-refractivity contribution in [1.29, 1.82) is 5.26 Å². The predicted octanol–water partition coefficient (Wildman–Crippen LogP) is 3.47. The van der Waals surface area contributed by atoms with Crippen molar-refractivity contribution in [2.24, 2.45) is 0 Å². The number of hydrogen-bond donors (Lipinski definition) is 1. The number of imidazole rings is 1. The third-order valence-corrected chi connectivity index (χ3v) is 3.45. The molecular formula is C16H20N4. The zero-order valence-corrected chi connectivity index (χ0v) is 12.4. The van der Waals surface area contributed by atoms with Gasteiger partial charge in [0, 0.05) is 31.0 Å². The highest BCUT2D eigenvalue weighted by atomic mass is 15.1. The largest absolute Gasteiger partial charge is 0.378 e. The Labute approximate surface area is 120 Å². The van der Waals surface area contributed by atoms with Gasteiger partial charge in [-0.3, -0.25) is 0 Å². The van der Waals surface area contributed by atoms with E-state index in [2.05, 4.69) is 45.2 Å². The van der Waals surface area contributed by atoms with Crippen molar-refractivity contribution in [2.45, 2.75) is 26.2 Å². The van der Waals surface area contributed by atoms with E-state index in [1.54, 1.807) is 0 Å². The van der Waals surface area contributed by atoms with Crippen LogP contribution in [0, 0.1) is 18.3 Å². The molecule has 1 unspecified atom stereocenters. The van der Waals surface area contributed by atoms with E-state index in [4.69, 9.17) is 5.26 Å². The topological polar surface area (TPSA) is 55.7 Å². The summed E-state index contributed by atoms with van der Waals surface area (Å²) in [7, 11) is 4.04. The smallest absolute Gasteiger partial charge is 0.124 e. The molecule has 20 heavy (non-hydrogen) atoms. The molecule has 2 aromatic rings. The molecule has 4 nitrogen and oxygen atoms in total. The number of nitrogens with zero attached hydrogens (tertiary/aromatic N) is 3. The zero-order valence-electron chi connectivity index (χ0n) is 12.4. The van der Waals surface area contributed by atoms with Crippen LogP contribution in [0.15, 0.2) is 24.3 Å². The van der Waals surface area contributed by atoms with E-state index in [1.165, 1.54) is 0 Å². The number of rotatable bonds is 4. The molecule has 0 saturated carbocycles. The van der Waals surface area contributed by atoms with E-state index in [-0.39, 0.29) is 5.92 Å². The lowest BCUT2D eigenvalue weighted by atomic mass is 10.1. The molecule has 0 saturated heterocycles. The summed E-state index contributed by atoms with van der Waals surface area (Å²) in [5, 5.41) is 9.13. The Morgan fingerprint density at radius 1 is 1.30 bits per heavy atom. The minimum Gasteiger partial charge on any atom is -0.378 e. The van der Waals surface area contributed by atoms with Crippen LogP contribution in [0.4, 0.5) is 5.69 Å². The van der Waals surface area contributed by atoms with Crippen LogP contribution in [0.2, 0.25) is 0 Å². The van der Waals surface area contributed by atoms with Crippen LogP contribution in [0.5, 0.6) is 0 Å². The van der Waals surface area contributed by atoms with Gasteiger partial charge in [-0.1, -0.05) is 19.1 Å². The van der Waals surface area contributed by atoms with Gasteiger partial charge in [-0.2, -0.15) is 5.26 Å². The summed E-state index contributed by atoms with van der Waals surface area (Å²) >= 11 is 0. The van der Waals surface area contributed by atoms with Crippen LogP contribution in [-0.2, 0) is 0 Å². The molecule has 0 spiro atoms. The number of hydrogen-bond acceptors (Lipinski definition) is 3. The summed E-state index contributed by atoms with van der Waals surface area (Å²) in [6, 6.07) is 10.6. The zero-order chi connectivity index (χ0) is 14.7. The highest BCUT2D eigenvalue weighted by molar-refractivity contribution is 5.65. The minimum absolute atomic E-state index is 0.163. The van der Waals surface area contributed by atoms with Crippen LogP contribution in [0.3, 0.4) is 0 Å². The molecule has 1 N–H and O–H groups in total. The fourth-order valence-corrected chi connectivity index (χ4v) is 2.19. The number of aromatic amines is 1. The van der Waals surface area contributed by atoms with Crippen LogP contribution in [0.1, 0.15) is 30.8 Å². The molecule has 0 aliphatic rings. The van der Waals surface area contributed by atoms with Gasteiger partial charge >= 0.3 is 0 Å². The third-order valence-electron chi connectivity index (χ3n) is 3.45. The molecule has 104 valence electrons. The molecule has 4 heteroatoms. The number of anilines is 1. The molecule has 1 aromatic carbocycles. The minimum atomic E-state index is -0.163. The number of nitriles is 1. The number of H-pyrrole nitrogens is 1. The quantitative estimate of drug-likeness (QED) is 0.923. The van der Waals surface area contributed by atoms with Gasteiger partial charge in [0.25, 0.3) is 0 Å². The van der Waals surface area contributed by atoms with Gasteiger partial charge in [0.15, 0.2) is 0 Å². The van der Waals surface area contributed by atoms with Gasteiger partial charge in [-0.05, 0) is 25.5 Å². The summed E-state index contributed by atoms with van der Waals surface area (Å²) < 4.78 is 0. The van der Waals surface area contributed by atoms with E-state index in [0.29, 0.717) is 0 Å². The predicted molar refractivity (Wildman–Crippen MR) is 81.7 cm³/mol. The van der Waals surface area contributed by atoms with E-state index in [1.807, 2.05) is 27.9 Å². The van der Waals surface area contributed by atoms with Gasteiger partial charge < -0.3 is 9.88 Å². The lowest BCUT2D eigenvalue weighted by Crippen LogP contribution is -2.07. The first-order valence-electron chi connectivity index (χ1n) is 6.80. The fraction of sp³-hybridized carbons (Fsp3) is 0.375. The molecule has 1 aromatic heterocycles. The second-order valence-electron chi connectivity index (χ2n) is 5.13. The Kier molecular flexibility index (Phi) is 4.09. The van der Waals surface area contributed by atoms with E-state index < -0.39 is 0 Å². The Morgan fingerprint density at radius 3 is 2.45 bits per heavy atom. The average molecular weight is 268 g/mol. The van der Waals surface area contributed by atoms with Gasteiger partial charge in [-0.25, -0.2) is 4.98 Å². The molecule has 1 atom stereocenters. The van der Waals surface area contributed by atoms with Crippen molar-refractivity contribution in [2.75, 3.05) is 19.0 Å². The van der Waals surface area contributed by atoms with Crippen LogP contribution in [-0.4, -0.2) is 24.1 Å². The first-order chi connectivity index (χ1) is 9.56. The number of nitrogens with one attached hydrogen (secondary N) is 1. The van der Waals surface area contributed by atoms with Crippen molar-refractivity contribution in [3.8, 4) is 17.3 Å². The van der Waals surface area contributed by atoms with Crippen molar-refractivity contribution in [3.63, 3.8) is 0 Å². The second kappa shape index (κ2) is 5.79. The fourth-order valence-electron chi connectivity index (χ4n) is 2.19. The Balaban J connectivity index is 2.36. The highest BCUT2D eigenvalue weighted by Gasteiger charge is 2.15. The van der Waals surface area contributed by atoms with Crippen LogP contribution >= 0.6 is 0 Å². The van der Waals surface area contributed by atoms with Crippen molar-refractivity contribution >= 4 is 5.69 Å². The highest BCUT2D eigenvalue weighted by Crippen LogP contribution is 2.26. The Morgan fingerprint density at radius 2 is 1.95 bits per heavy atom. The molecule has 0 aliphatic carbocycles. The summed E-state index contributed by atoms with van der Waals surface area (Å²) in [5.74, 6) is 0.600. The Bertz CT molecular complexity index is 617. The van der Waals surface area contributed by atoms with Crippen molar-refractivity contribution in [3.05, 3.63) is 35.8 Å². The summed E-state index contributed by atoms with van der Waals surface area (Å²) in [5.41, 5.74) is 4.17. The standard InChI is InChI=1S/C16H20N4/c1-5-12(10-17)16-18-11(2)15(19-16)13-6-8-14(9-7-13)20(3)4/h6-9,12H,5H2,1-4H3,(H,18,19). The first kappa shape index (κ1) is 14.1. The van der Waals surface area contributed by atoms with Crippen LogP contribution in [0.25, 0.3) is 11.3 Å². The SMILES string of the molecule is CCC(C#N)c1nc(-c2ccc(N(C)C)cc2)c(C)[nH]1. The summed E-state index contributed by atoms with van der Waals surface area (Å²) in [6.45, 7) is 3.99. The van der Waals surface area contributed by atoms with Gasteiger partial charge in [0.2, 0.25) is 0 Å². The van der Waals surface area contributed by atoms with Gasteiger partial charge in [-0.15, -0.1) is 0 Å². The van der Waals surface area contributed by atoms with E-state index in [0.717, 1.165) is 34.9 Å². The normalized spacial score (nSPS) is 11.9. The molecule has 0 amide bonds. The maximum Gasteiger partial charge on any atom is 0.124 e. The lowest BCUT2D eigenvalue weighted by Gasteiger charge is -2.12. The monoisotopic (exact) mass is 268 g/mol. The van der Waals surface area contributed by atoms with Gasteiger partial charge in [0.05, 0.1) is 11.8 Å². The number of aryl methyl sites for hydroxylation is 1. The van der Waals surface area contributed by atoms with Gasteiger partial charge in [0.1, 0.15) is 11.7 Å².